The zero-order valence-electron chi connectivity index (χ0n) is 15.4. The summed E-state index contributed by atoms with van der Waals surface area (Å²) in [5.74, 6) is 0. The van der Waals surface area contributed by atoms with Gasteiger partial charge in [-0.15, -0.1) is 0 Å². The molecule has 0 aromatic heterocycles. The van der Waals surface area contributed by atoms with Crippen LogP contribution in [-0.4, -0.2) is 0 Å². The Kier molecular flexibility index (Phi) is 19.5. The summed E-state index contributed by atoms with van der Waals surface area (Å²) in [6.07, 6.45) is 20.4. The molecule has 0 aliphatic carbocycles. The summed E-state index contributed by atoms with van der Waals surface area (Å²) >= 11 is 0. The van der Waals surface area contributed by atoms with Crippen molar-refractivity contribution in [2.75, 3.05) is 0 Å². The summed E-state index contributed by atoms with van der Waals surface area (Å²) in [6, 6.07) is 12.0. The van der Waals surface area contributed by atoms with Crippen LogP contribution < -0.4 is 0 Å². The average Bonchev–Trinajstić information content (AvgIpc) is 2.58. The van der Waals surface area contributed by atoms with E-state index in [1.165, 1.54) is 89.9 Å². The second-order valence-corrected chi connectivity index (χ2v) is 6.40. The molecule has 1 rings (SSSR count). The van der Waals surface area contributed by atoms with Gasteiger partial charge in [-0.25, -0.2) is 0 Å². The van der Waals surface area contributed by atoms with Gasteiger partial charge >= 0.3 is 0 Å². The fourth-order valence-corrected chi connectivity index (χ4v) is 2.65. The van der Waals surface area contributed by atoms with Crippen molar-refractivity contribution >= 4 is 0 Å². The van der Waals surface area contributed by atoms with E-state index in [9.17, 15) is 0 Å². The van der Waals surface area contributed by atoms with Crippen LogP contribution in [0.4, 0.5) is 0 Å². The molecule has 0 fully saturated rings. The molecule has 0 saturated heterocycles. The molecule has 0 spiro atoms. The molecule has 0 heterocycles. The van der Waals surface area contributed by atoms with Crippen molar-refractivity contribution in [3.05, 3.63) is 36.4 Å². The first-order valence-corrected chi connectivity index (χ1v) is 9.91. The van der Waals surface area contributed by atoms with E-state index in [4.69, 9.17) is 0 Å². The summed E-state index contributed by atoms with van der Waals surface area (Å²) < 4.78 is 0. The minimum atomic E-state index is 1.37. The van der Waals surface area contributed by atoms with E-state index in [0.717, 1.165) is 0 Å². The highest BCUT2D eigenvalue weighted by Gasteiger charge is 1.92. The van der Waals surface area contributed by atoms with Crippen molar-refractivity contribution in [1.82, 2.24) is 0 Å². The Hall–Kier alpha value is -0.780. The minimum Gasteiger partial charge on any atom is -0.0654 e. The maximum atomic E-state index is 2.29. The normalized spacial score (nSPS) is 10.1. The van der Waals surface area contributed by atoms with Gasteiger partial charge in [0, 0.05) is 0 Å². The van der Waals surface area contributed by atoms with Gasteiger partial charge in [0.05, 0.1) is 0 Å². The highest BCUT2D eigenvalue weighted by molar-refractivity contribution is 4.99. The third-order valence-electron chi connectivity index (χ3n) is 4.12. The molecule has 128 valence electrons. The summed E-state index contributed by atoms with van der Waals surface area (Å²) in [5.41, 5.74) is 0. The fraction of sp³-hybridized carbons (Fsp3) is 0.727. The average molecular weight is 305 g/mol. The highest BCUT2D eigenvalue weighted by atomic mass is 14.0. The van der Waals surface area contributed by atoms with Crippen LogP contribution in [0.5, 0.6) is 0 Å². The largest absolute Gasteiger partial charge is 0.0654 e. The van der Waals surface area contributed by atoms with Crippen LogP contribution >= 0.6 is 0 Å². The first-order valence-electron chi connectivity index (χ1n) is 9.91. The maximum absolute atomic E-state index is 2.29. The van der Waals surface area contributed by atoms with E-state index < -0.39 is 0 Å². The fourth-order valence-electron chi connectivity index (χ4n) is 2.65. The molecule has 0 amide bonds. The lowest BCUT2D eigenvalue weighted by Gasteiger charge is -2.02. The topological polar surface area (TPSA) is 0 Å². The van der Waals surface area contributed by atoms with Crippen molar-refractivity contribution in [2.45, 2.75) is 104 Å². The van der Waals surface area contributed by atoms with E-state index >= 15 is 0 Å². The Morgan fingerprint density at radius 1 is 0.318 bits per heavy atom. The number of rotatable bonds is 13. The number of unbranched alkanes of at least 4 members (excludes halogenated alkanes) is 13. The van der Waals surface area contributed by atoms with Crippen molar-refractivity contribution in [3.63, 3.8) is 0 Å². The molecule has 0 atom stereocenters. The van der Waals surface area contributed by atoms with Crippen LogP contribution in [-0.2, 0) is 0 Å². The monoisotopic (exact) mass is 304 g/mol. The molecular formula is C22H40. The summed E-state index contributed by atoms with van der Waals surface area (Å²) in [5, 5.41) is 0. The standard InChI is InChI=1S/C16H34.C6H6/c1-3-5-7-9-11-13-15-16-14-12-10-8-6-4-2;1-2-4-6-5-3-1/h3-16H2,1-2H3;1-6H. The molecule has 0 unspecified atom stereocenters. The molecular weight excluding hydrogens is 264 g/mol. The lowest BCUT2D eigenvalue weighted by Crippen LogP contribution is -1.82. The van der Waals surface area contributed by atoms with Gasteiger partial charge in [0.1, 0.15) is 0 Å². The molecule has 0 aliphatic heterocycles. The van der Waals surface area contributed by atoms with Crippen molar-refractivity contribution in [3.8, 4) is 0 Å². The Labute approximate surface area is 140 Å². The van der Waals surface area contributed by atoms with Gasteiger partial charge in [0.25, 0.3) is 0 Å². The van der Waals surface area contributed by atoms with E-state index in [-0.39, 0.29) is 0 Å². The van der Waals surface area contributed by atoms with Crippen LogP contribution in [0.1, 0.15) is 104 Å². The summed E-state index contributed by atoms with van der Waals surface area (Å²) in [6.45, 7) is 4.58. The molecule has 0 radical (unpaired) electrons. The van der Waals surface area contributed by atoms with Gasteiger partial charge in [0.15, 0.2) is 0 Å². The summed E-state index contributed by atoms with van der Waals surface area (Å²) in [4.78, 5) is 0. The Morgan fingerprint density at radius 2 is 0.500 bits per heavy atom. The van der Waals surface area contributed by atoms with Crippen molar-refractivity contribution < 1.29 is 0 Å². The molecule has 0 nitrogen and oxygen atoms in total. The number of hydrogen-bond donors (Lipinski definition) is 0. The van der Waals surface area contributed by atoms with E-state index in [1.54, 1.807) is 0 Å². The van der Waals surface area contributed by atoms with E-state index in [2.05, 4.69) is 13.8 Å². The Balaban J connectivity index is 0.000000604. The second-order valence-electron chi connectivity index (χ2n) is 6.40. The molecule has 22 heavy (non-hydrogen) atoms. The van der Waals surface area contributed by atoms with Gasteiger partial charge in [-0.3, -0.25) is 0 Å². The molecule has 1 aromatic carbocycles. The quantitative estimate of drug-likeness (QED) is 0.322. The lowest BCUT2D eigenvalue weighted by atomic mass is 10.0. The number of hydrogen-bond acceptors (Lipinski definition) is 0. The van der Waals surface area contributed by atoms with Crippen LogP contribution in [0.25, 0.3) is 0 Å². The molecule has 0 saturated carbocycles. The van der Waals surface area contributed by atoms with Crippen LogP contribution in [0.3, 0.4) is 0 Å². The van der Waals surface area contributed by atoms with Crippen molar-refractivity contribution in [2.24, 2.45) is 0 Å². The highest BCUT2D eigenvalue weighted by Crippen LogP contribution is 2.12. The molecule has 0 bridgehead atoms. The predicted molar refractivity (Wildman–Crippen MR) is 102 cm³/mol. The van der Waals surface area contributed by atoms with Gasteiger partial charge in [-0.2, -0.15) is 0 Å². The molecule has 0 aliphatic rings. The van der Waals surface area contributed by atoms with E-state index in [1.807, 2.05) is 36.4 Å². The zero-order valence-corrected chi connectivity index (χ0v) is 15.4. The van der Waals surface area contributed by atoms with Crippen LogP contribution in [0, 0.1) is 0 Å². The molecule has 0 N–H and O–H groups in total. The van der Waals surface area contributed by atoms with Gasteiger partial charge in [-0.1, -0.05) is 140 Å². The van der Waals surface area contributed by atoms with Crippen LogP contribution in [0.15, 0.2) is 36.4 Å². The SMILES string of the molecule is CCCCCCCCCCCCCCCC.c1ccccc1. The van der Waals surface area contributed by atoms with Gasteiger partial charge in [-0.05, 0) is 0 Å². The smallest absolute Gasteiger partial charge is 0.0533 e. The lowest BCUT2D eigenvalue weighted by molar-refractivity contribution is 0.538. The Bertz CT molecular complexity index is 224. The van der Waals surface area contributed by atoms with E-state index in [0.29, 0.717) is 0 Å². The first kappa shape index (κ1) is 21.2. The van der Waals surface area contributed by atoms with Gasteiger partial charge < -0.3 is 0 Å². The third-order valence-corrected chi connectivity index (χ3v) is 4.12. The molecule has 1 aromatic rings. The third kappa shape index (κ3) is 19.2. The zero-order chi connectivity index (χ0) is 16.1. The number of benzene rings is 1. The maximum Gasteiger partial charge on any atom is -0.0533 e. The summed E-state index contributed by atoms with van der Waals surface area (Å²) in [7, 11) is 0. The minimum absolute atomic E-state index is 1.37. The first-order chi connectivity index (χ1) is 10.9. The van der Waals surface area contributed by atoms with Gasteiger partial charge in [0.2, 0.25) is 0 Å². The molecule has 0 heteroatoms. The Morgan fingerprint density at radius 3 is 0.682 bits per heavy atom. The predicted octanol–water partition coefficient (Wildman–Crippen LogP) is 8.17. The second kappa shape index (κ2) is 20.2. The van der Waals surface area contributed by atoms with Crippen molar-refractivity contribution in [1.29, 1.82) is 0 Å². The van der Waals surface area contributed by atoms with Crippen LogP contribution in [0.2, 0.25) is 0 Å².